The zero-order valence-electron chi connectivity index (χ0n) is 19.4. The summed E-state index contributed by atoms with van der Waals surface area (Å²) in [6, 6.07) is 0. The van der Waals surface area contributed by atoms with Crippen LogP contribution in [-0.4, -0.2) is 34.1 Å². The minimum Gasteiger partial charge on any atom is -0.396 e. The van der Waals surface area contributed by atoms with Crippen molar-refractivity contribution in [3.63, 3.8) is 0 Å². The predicted octanol–water partition coefficient (Wildman–Crippen LogP) is 5.56. The van der Waals surface area contributed by atoms with E-state index in [1.807, 2.05) is 0 Å². The average Bonchev–Trinajstić information content (AvgIpc) is 3.06. The van der Waals surface area contributed by atoms with Gasteiger partial charge in [-0.25, -0.2) is 0 Å². The van der Waals surface area contributed by atoms with Crippen LogP contribution in [0.4, 0.5) is 0 Å². The Hall–Kier alpha value is -0.900. The van der Waals surface area contributed by atoms with Gasteiger partial charge in [-0.1, -0.05) is 57.9 Å². The SMILES string of the molecule is C=C1/C(=C\C=C2/CCCC3(C)C2CCC3C(C)CCCC(C)CO)CC(O)CC1O. The Morgan fingerprint density at radius 1 is 1.17 bits per heavy atom. The van der Waals surface area contributed by atoms with Crippen LogP contribution in [0.1, 0.15) is 85.0 Å². The fourth-order valence-corrected chi connectivity index (χ4v) is 6.76. The summed E-state index contributed by atoms with van der Waals surface area (Å²) in [6.45, 7) is 11.5. The summed E-state index contributed by atoms with van der Waals surface area (Å²) in [5, 5.41) is 29.4. The van der Waals surface area contributed by atoms with Gasteiger partial charge in [0.05, 0.1) is 12.2 Å². The number of allylic oxidation sites excluding steroid dienone is 3. The van der Waals surface area contributed by atoms with Crippen molar-refractivity contribution < 1.29 is 15.3 Å². The van der Waals surface area contributed by atoms with E-state index >= 15 is 0 Å². The van der Waals surface area contributed by atoms with Crippen LogP contribution < -0.4 is 0 Å². The summed E-state index contributed by atoms with van der Waals surface area (Å²) in [5.41, 5.74) is 3.77. The van der Waals surface area contributed by atoms with Crippen LogP contribution in [0, 0.1) is 29.1 Å². The summed E-state index contributed by atoms with van der Waals surface area (Å²) < 4.78 is 0. The van der Waals surface area contributed by atoms with Gasteiger partial charge in [0.25, 0.3) is 0 Å². The highest BCUT2D eigenvalue weighted by Gasteiger charge is 2.50. The summed E-state index contributed by atoms with van der Waals surface area (Å²) in [7, 11) is 0. The van der Waals surface area contributed by atoms with Gasteiger partial charge in [0.1, 0.15) is 0 Å². The number of rotatable bonds is 7. The number of aliphatic hydroxyl groups is 3. The first-order valence-electron chi connectivity index (χ1n) is 12.3. The Bertz CT molecular complexity index is 663. The Morgan fingerprint density at radius 2 is 1.93 bits per heavy atom. The lowest BCUT2D eigenvalue weighted by Crippen LogP contribution is -2.36. The second-order valence-corrected chi connectivity index (χ2v) is 10.9. The molecule has 0 spiro atoms. The topological polar surface area (TPSA) is 60.7 Å². The predicted molar refractivity (Wildman–Crippen MR) is 124 cm³/mol. The molecule has 0 aliphatic heterocycles. The summed E-state index contributed by atoms with van der Waals surface area (Å²) in [4.78, 5) is 0. The first kappa shape index (κ1) is 23.8. The highest BCUT2D eigenvalue weighted by atomic mass is 16.3. The Kier molecular flexibility index (Phi) is 8.03. The highest BCUT2D eigenvalue weighted by molar-refractivity contribution is 5.38. The Morgan fingerprint density at radius 3 is 2.67 bits per heavy atom. The van der Waals surface area contributed by atoms with Crippen molar-refractivity contribution in [3.05, 3.63) is 35.5 Å². The van der Waals surface area contributed by atoms with Gasteiger partial charge < -0.3 is 15.3 Å². The van der Waals surface area contributed by atoms with Crippen molar-refractivity contribution in [3.8, 4) is 0 Å². The molecule has 3 heteroatoms. The van der Waals surface area contributed by atoms with Crippen LogP contribution in [0.5, 0.6) is 0 Å². The fourth-order valence-electron chi connectivity index (χ4n) is 6.76. The highest BCUT2D eigenvalue weighted by Crippen LogP contribution is 2.59. The van der Waals surface area contributed by atoms with Crippen LogP contribution in [0.15, 0.2) is 35.5 Å². The van der Waals surface area contributed by atoms with Crippen LogP contribution in [0.3, 0.4) is 0 Å². The number of fused-ring (bicyclic) bond motifs is 1. The minimum absolute atomic E-state index is 0.307. The molecule has 0 saturated heterocycles. The second kappa shape index (κ2) is 10.1. The first-order chi connectivity index (χ1) is 14.3. The fraction of sp³-hybridized carbons (Fsp3) is 0.778. The van der Waals surface area contributed by atoms with E-state index in [1.54, 1.807) is 5.57 Å². The molecule has 3 aliphatic rings. The monoisotopic (exact) mass is 416 g/mol. The van der Waals surface area contributed by atoms with Crippen LogP contribution in [-0.2, 0) is 0 Å². The average molecular weight is 417 g/mol. The van der Waals surface area contributed by atoms with Crippen LogP contribution >= 0.6 is 0 Å². The van der Waals surface area contributed by atoms with E-state index < -0.39 is 12.2 Å². The van der Waals surface area contributed by atoms with E-state index in [0.717, 1.165) is 29.4 Å². The third-order valence-corrected chi connectivity index (χ3v) is 8.66. The third-order valence-electron chi connectivity index (χ3n) is 8.66. The molecule has 0 aromatic carbocycles. The van der Waals surface area contributed by atoms with Crippen molar-refractivity contribution in [1.82, 2.24) is 0 Å². The molecule has 3 rings (SSSR count). The molecule has 0 bridgehead atoms. The maximum absolute atomic E-state index is 10.1. The van der Waals surface area contributed by atoms with Gasteiger partial charge in [-0.05, 0) is 85.2 Å². The van der Waals surface area contributed by atoms with Crippen molar-refractivity contribution in [2.45, 2.75) is 97.2 Å². The molecular formula is C27H44O3. The lowest BCUT2D eigenvalue weighted by molar-refractivity contribution is 0.0861. The Balaban J connectivity index is 1.69. The molecule has 3 nitrogen and oxygen atoms in total. The van der Waals surface area contributed by atoms with Gasteiger partial charge in [0.15, 0.2) is 0 Å². The summed E-state index contributed by atoms with van der Waals surface area (Å²) in [6.07, 6.45) is 14.4. The van der Waals surface area contributed by atoms with E-state index in [9.17, 15) is 15.3 Å². The largest absolute Gasteiger partial charge is 0.396 e. The molecule has 0 radical (unpaired) electrons. The van der Waals surface area contributed by atoms with Gasteiger partial charge in [-0.2, -0.15) is 0 Å². The van der Waals surface area contributed by atoms with E-state index in [0.29, 0.717) is 36.7 Å². The first-order valence-corrected chi connectivity index (χ1v) is 12.3. The van der Waals surface area contributed by atoms with Gasteiger partial charge in [0, 0.05) is 13.0 Å². The van der Waals surface area contributed by atoms with Crippen molar-refractivity contribution in [2.75, 3.05) is 6.61 Å². The molecule has 30 heavy (non-hydrogen) atoms. The van der Waals surface area contributed by atoms with E-state index in [-0.39, 0.29) is 0 Å². The van der Waals surface area contributed by atoms with Gasteiger partial charge in [0.2, 0.25) is 0 Å². The van der Waals surface area contributed by atoms with Gasteiger partial charge in [-0.15, -0.1) is 0 Å². The maximum Gasteiger partial charge on any atom is 0.0811 e. The zero-order valence-corrected chi connectivity index (χ0v) is 19.4. The quantitative estimate of drug-likeness (QED) is 0.509. The lowest BCUT2D eigenvalue weighted by Gasteiger charge is -2.44. The number of hydrogen-bond acceptors (Lipinski definition) is 3. The molecule has 3 N–H and O–H groups in total. The number of aliphatic hydroxyl groups excluding tert-OH is 3. The molecule has 0 aromatic heterocycles. The summed E-state index contributed by atoms with van der Waals surface area (Å²) >= 11 is 0. The van der Waals surface area contributed by atoms with Crippen molar-refractivity contribution >= 4 is 0 Å². The molecule has 7 atom stereocenters. The third kappa shape index (κ3) is 5.11. The molecule has 7 unspecified atom stereocenters. The molecular weight excluding hydrogens is 372 g/mol. The summed E-state index contributed by atoms with van der Waals surface area (Å²) in [5.74, 6) is 2.62. The minimum atomic E-state index is -0.611. The normalized spacial score (nSPS) is 39.3. The second-order valence-electron chi connectivity index (χ2n) is 10.9. The van der Waals surface area contributed by atoms with Crippen molar-refractivity contribution in [2.24, 2.45) is 29.1 Å². The molecule has 3 fully saturated rings. The standard InChI is InChI=1S/C27H44O3/c1-18(17-28)7-5-8-19(2)24-12-13-25-21(9-6-14-27(24,25)4)10-11-22-15-23(29)16-26(30)20(22)3/h10-11,18-19,23-26,28-30H,3,5-9,12-17H2,1-2,4H3/b21-10+,22-11-. The van der Waals surface area contributed by atoms with E-state index in [4.69, 9.17) is 0 Å². The molecule has 170 valence electrons. The Labute approximate surface area is 184 Å². The smallest absolute Gasteiger partial charge is 0.0811 e. The van der Waals surface area contributed by atoms with Crippen LogP contribution in [0.2, 0.25) is 0 Å². The van der Waals surface area contributed by atoms with E-state index in [1.165, 1.54) is 44.9 Å². The van der Waals surface area contributed by atoms with Crippen molar-refractivity contribution in [1.29, 1.82) is 0 Å². The molecule has 3 saturated carbocycles. The molecule has 0 amide bonds. The van der Waals surface area contributed by atoms with Gasteiger partial charge in [-0.3, -0.25) is 0 Å². The number of hydrogen-bond donors (Lipinski definition) is 3. The lowest BCUT2D eigenvalue weighted by atomic mass is 9.60. The molecule has 0 heterocycles. The maximum atomic E-state index is 10.1. The molecule has 3 aliphatic carbocycles. The van der Waals surface area contributed by atoms with Gasteiger partial charge >= 0.3 is 0 Å². The van der Waals surface area contributed by atoms with Crippen LogP contribution in [0.25, 0.3) is 0 Å². The zero-order chi connectivity index (χ0) is 21.9. The molecule has 0 aromatic rings. The van der Waals surface area contributed by atoms with E-state index in [2.05, 4.69) is 39.5 Å².